The molecule has 0 saturated heterocycles. The summed E-state index contributed by atoms with van der Waals surface area (Å²) in [6, 6.07) is 7.24. The van der Waals surface area contributed by atoms with Crippen LogP contribution in [0, 0.1) is 0 Å². The van der Waals surface area contributed by atoms with E-state index in [2.05, 4.69) is 9.97 Å². The fourth-order valence-electron chi connectivity index (χ4n) is 1.52. The number of aromatic nitrogens is 2. The average Bonchev–Trinajstić information content (AvgIpc) is 2.79. The summed E-state index contributed by atoms with van der Waals surface area (Å²) in [6.07, 6.45) is 1.45. The summed E-state index contributed by atoms with van der Waals surface area (Å²) >= 11 is 6.07. The minimum absolute atomic E-state index is 0.250. The smallest absolute Gasteiger partial charge is 0.359 e. The Labute approximate surface area is 104 Å². The highest BCUT2D eigenvalue weighted by Gasteiger charge is 2.18. The maximum Gasteiger partial charge on any atom is 0.359 e. The number of aromatic amines is 1. The van der Waals surface area contributed by atoms with Crippen molar-refractivity contribution < 1.29 is 9.53 Å². The van der Waals surface area contributed by atoms with Crippen molar-refractivity contribution in [1.29, 1.82) is 0 Å². The molecule has 0 aliphatic heterocycles. The van der Waals surface area contributed by atoms with Gasteiger partial charge in [0.15, 0.2) is 5.69 Å². The van der Waals surface area contributed by atoms with Crippen molar-refractivity contribution in [2.24, 2.45) is 0 Å². The molecule has 1 aromatic carbocycles. The van der Waals surface area contributed by atoms with Crippen LogP contribution >= 0.6 is 11.6 Å². The summed E-state index contributed by atoms with van der Waals surface area (Å²) in [7, 11) is 0. The van der Waals surface area contributed by atoms with Crippen LogP contribution < -0.4 is 0 Å². The molecule has 0 aliphatic carbocycles. The lowest BCUT2D eigenvalue weighted by molar-refractivity contribution is 0.0521. The predicted octanol–water partition coefficient (Wildman–Crippen LogP) is 2.91. The van der Waals surface area contributed by atoms with E-state index in [9.17, 15) is 4.79 Å². The molecule has 0 atom stereocenters. The van der Waals surface area contributed by atoms with Gasteiger partial charge < -0.3 is 9.72 Å². The molecule has 4 nitrogen and oxygen atoms in total. The van der Waals surface area contributed by atoms with E-state index in [0.29, 0.717) is 17.3 Å². The van der Waals surface area contributed by atoms with E-state index < -0.39 is 5.97 Å². The number of hydrogen-bond acceptors (Lipinski definition) is 3. The summed E-state index contributed by atoms with van der Waals surface area (Å²) in [4.78, 5) is 18.5. The Balaban J connectivity index is 2.44. The van der Waals surface area contributed by atoms with Gasteiger partial charge in [0, 0.05) is 10.6 Å². The molecule has 1 heterocycles. The van der Waals surface area contributed by atoms with Gasteiger partial charge in [0.05, 0.1) is 18.6 Å². The summed E-state index contributed by atoms with van der Waals surface area (Å²) in [5.74, 6) is -0.455. The highest BCUT2D eigenvalue weighted by Crippen LogP contribution is 2.28. The standard InChI is InChI=1S/C12H11ClN2O2/c1-2-17-12(16)11-10(14-7-15-11)8-5-3-4-6-9(8)13/h3-7H,2H2,1H3,(H,14,15). The lowest BCUT2D eigenvalue weighted by Gasteiger charge is -2.04. The predicted molar refractivity (Wildman–Crippen MR) is 65.0 cm³/mol. The molecule has 5 heteroatoms. The fourth-order valence-corrected chi connectivity index (χ4v) is 1.75. The lowest BCUT2D eigenvalue weighted by atomic mass is 10.1. The number of ether oxygens (including phenoxy) is 1. The fraction of sp³-hybridized carbons (Fsp3) is 0.167. The molecule has 0 bridgehead atoms. The second-order valence-corrected chi connectivity index (χ2v) is 3.73. The molecule has 0 fully saturated rings. The lowest BCUT2D eigenvalue weighted by Crippen LogP contribution is -2.06. The number of rotatable bonds is 3. The Bertz CT molecular complexity index is 537. The van der Waals surface area contributed by atoms with Crippen LogP contribution in [0.2, 0.25) is 5.02 Å². The van der Waals surface area contributed by atoms with Gasteiger partial charge in [0.25, 0.3) is 0 Å². The van der Waals surface area contributed by atoms with Gasteiger partial charge in [-0.1, -0.05) is 29.8 Å². The molecule has 0 saturated carbocycles. The molecule has 1 N–H and O–H groups in total. The van der Waals surface area contributed by atoms with Crippen molar-refractivity contribution in [2.45, 2.75) is 6.92 Å². The molecule has 0 radical (unpaired) electrons. The molecule has 0 spiro atoms. The van der Waals surface area contributed by atoms with E-state index in [0.717, 1.165) is 5.56 Å². The molecule has 2 aromatic rings. The second-order valence-electron chi connectivity index (χ2n) is 3.33. The molecular formula is C12H11ClN2O2. The van der Waals surface area contributed by atoms with Crippen LogP contribution in [0.3, 0.4) is 0 Å². The first-order valence-electron chi connectivity index (χ1n) is 5.19. The van der Waals surface area contributed by atoms with E-state index in [4.69, 9.17) is 16.3 Å². The van der Waals surface area contributed by atoms with Crippen molar-refractivity contribution in [1.82, 2.24) is 9.97 Å². The van der Waals surface area contributed by atoms with Gasteiger partial charge in [-0.25, -0.2) is 9.78 Å². The van der Waals surface area contributed by atoms with Crippen LogP contribution in [0.15, 0.2) is 30.6 Å². The topological polar surface area (TPSA) is 55.0 Å². The molecule has 1 aromatic heterocycles. The van der Waals surface area contributed by atoms with Gasteiger partial charge in [0.1, 0.15) is 0 Å². The number of carbonyl (C=O) groups is 1. The monoisotopic (exact) mass is 250 g/mol. The third-order valence-corrected chi connectivity index (χ3v) is 2.58. The molecule has 2 rings (SSSR count). The van der Waals surface area contributed by atoms with Gasteiger partial charge in [-0.05, 0) is 13.0 Å². The number of imidazole rings is 1. The number of esters is 1. The zero-order chi connectivity index (χ0) is 12.3. The Morgan fingerprint density at radius 3 is 2.94 bits per heavy atom. The first-order chi connectivity index (χ1) is 8.24. The van der Waals surface area contributed by atoms with E-state index >= 15 is 0 Å². The van der Waals surface area contributed by atoms with Gasteiger partial charge >= 0.3 is 5.97 Å². The van der Waals surface area contributed by atoms with Gasteiger partial charge in [0.2, 0.25) is 0 Å². The van der Waals surface area contributed by atoms with E-state index in [1.807, 2.05) is 18.2 Å². The van der Waals surface area contributed by atoms with Crippen molar-refractivity contribution in [3.63, 3.8) is 0 Å². The summed E-state index contributed by atoms with van der Waals surface area (Å²) < 4.78 is 4.92. The number of hydrogen-bond donors (Lipinski definition) is 1. The Hall–Kier alpha value is -1.81. The highest BCUT2D eigenvalue weighted by atomic mass is 35.5. The Kier molecular flexibility index (Phi) is 3.44. The van der Waals surface area contributed by atoms with Crippen LogP contribution in [0.4, 0.5) is 0 Å². The summed E-state index contributed by atoms with van der Waals surface area (Å²) in [6.45, 7) is 2.06. The van der Waals surface area contributed by atoms with Crippen molar-refractivity contribution in [3.8, 4) is 11.3 Å². The normalized spacial score (nSPS) is 10.2. The zero-order valence-electron chi connectivity index (χ0n) is 9.24. The minimum atomic E-state index is -0.455. The number of nitrogens with one attached hydrogen (secondary N) is 1. The van der Waals surface area contributed by atoms with Gasteiger partial charge in [-0.2, -0.15) is 0 Å². The molecular weight excluding hydrogens is 240 g/mol. The third-order valence-electron chi connectivity index (χ3n) is 2.25. The zero-order valence-corrected chi connectivity index (χ0v) is 9.99. The first-order valence-corrected chi connectivity index (χ1v) is 5.57. The number of carbonyl (C=O) groups excluding carboxylic acids is 1. The highest BCUT2D eigenvalue weighted by molar-refractivity contribution is 6.33. The van der Waals surface area contributed by atoms with E-state index in [-0.39, 0.29) is 5.69 Å². The maximum absolute atomic E-state index is 11.7. The maximum atomic E-state index is 11.7. The van der Waals surface area contributed by atoms with E-state index in [1.165, 1.54) is 6.33 Å². The first kappa shape index (κ1) is 11.7. The largest absolute Gasteiger partial charge is 0.461 e. The SMILES string of the molecule is CCOC(=O)c1nc[nH]c1-c1ccccc1Cl. The van der Waals surface area contributed by atoms with Crippen LogP contribution in [0.5, 0.6) is 0 Å². The number of H-pyrrole nitrogens is 1. The second kappa shape index (κ2) is 5.01. The molecule has 0 amide bonds. The van der Waals surface area contributed by atoms with Crippen LogP contribution in [-0.2, 0) is 4.74 Å². The average molecular weight is 251 g/mol. The van der Waals surface area contributed by atoms with Crippen LogP contribution in [0.25, 0.3) is 11.3 Å². The summed E-state index contributed by atoms with van der Waals surface area (Å²) in [5, 5.41) is 0.558. The van der Waals surface area contributed by atoms with Gasteiger partial charge in [-0.15, -0.1) is 0 Å². The van der Waals surface area contributed by atoms with Gasteiger partial charge in [-0.3, -0.25) is 0 Å². The number of benzene rings is 1. The Morgan fingerprint density at radius 1 is 1.47 bits per heavy atom. The van der Waals surface area contributed by atoms with Crippen molar-refractivity contribution >= 4 is 17.6 Å². The summed E-state index contributed by atoms with van der Waals surface area (Å²) in [5.41, 5.74) is 1.56. The molecule has 0 unspecified atom stereocenters. The van der Waals surface area contributed by atoms with Crippen LogP contribution in [-0.4, -0.2) is 22.5 Å². The number of halogens is 1. The Morgan fingerprint density at radius 2 is 2.24 bits per heavy atom. The van der Waals surface area contributed by atoms with Crippen molar-refractivity contribution in [3.05, 3.63) is 41.3 Å². The molecule has 88 valence electrons. The van der Waals surface area contributed by atoms with E-state index in [1.54, 1.807) is 13.0 Å². The number of nitrogens with zero attached hydrogens (tertiary/aromatic N) is 1. The van der Waals surface area contributed by atoms with Crippen LogP contribution in [0.1, 0.15) is 17.4 Å². The minimum Gasteiger partial charge on any atom is -0.461 e. The third kappa shape index (κ3) is 2.31. The quantitative estimate of drug-likeness (QED) is 0.852. The molecule has 0 aliphatic rings. The molecule has 17 heavy (non-hydrogen) atoms. The van der Waals surface area contributed by atoms with Crippen molar-refractivity contribution in [2.75, 3.05) is 6.61 Å².